The number of amides is 3. The third-order valence-electron chi connectivity index (χ3n) is 5.72. The fraction of sp³-hybridized carbons (Fsp3) is 0.462. The van der Waals surface area contributed by atoms with E-state index < -0.39 is 11.8 Å². The zero-order chi connectivity index (χ0) is 27.4. The molecule has 0 bridgehead atoms. The summed E-state index contributed by atoms with van der Waals surface area (Å²) in [4.78, 5) is 43.2. The van der Waals surface area contributed by atoms with Gasteiger partial charge in [0.2, 0.25) is 6.41 Å². The van der Waals surface area contributed by atoms with E-state index in [1.807, 2.05) is 0 Å². The van der Waals surface area contributed by atoms with Crippen LogP contribution in [0.4, 0.5) is 4.39 Å². The summed E-state index contributed by atoms with van der Waals surface area (Å²) in [7, 11) is 4.85. The van der Waals surface area contributed by atoms with Crippen molar-refractivity contribution >= 4 is 24.0 Å². The fourth-order valence-corrected chi connectivity index (χ4v) is 3.61. The molecule has 0 aliphatic heterocycles. The highest BCUT2D eigenvalue weighted by Gasteiger charge is 2.17. The Kier molecular flexibility index (Phi) is 11.6. The third-order valence-corrected chi connectivity index (χ3v) is 5.72. The quantitative estimate of drug-likeness (QED) is 0.506. The van der Waals surface area contributed by atoms with Gasteiger partial charge in [-0.1, -0.05) is 51.2 Å². The van der Waals surface area contributed by atoms with Crippen molar-refractivity contribution in [1.82, 2.24) is 35.1 Å². The van der Waals surface area contributed by atoms with E-state index in [2.05, 4.69) is 32.6 Å². The minimum atomic E-state index is -0.474. The van der Waals surface area contributed by atoms with Crippen LogP contribution in [-0.2, 0) is 11.3 Å². The van der Waals surface area contributed by atoms with E-state index in [0.717, 1.165) is 17.9 Å². The predicted octanol–water partition coefficient (Wildman–Crippen LogP) is 3.15. The number of nitrogens with one attached hydrogen (secondary N) is 2. The molecule has 3 amide bonds. The van der Waals surface area contributed by atoms with Gasteiger partial charge in [0, 0.05) is 33.8 Å². The molecule has 1 aliphatic carbocycles. The summed E-state index contributed by atoms with van der Waals surface area (Å²) < 4.78 is 14.5. The lowest BCUT2D eigenvalue weighted by Crippen LogP contribution is -2.27. The van der Waals surface area contributed by atoms with E-state index >= 15 is 0 Å². The van der Waals surface area contributed by atoms with Crippen LogP contribution < -0.4 is 10.6 Å². The van der Waals surface area contributed by atoms with Crippen molar-refractivity contribution in [2.24, 2.45) is 5.92 Å². The van der Waals surface area contributed by atoms with Crippen molar-refractivity contribution in [1.29, 1.82) is 0 Å². The Morgan fingerprint density at radius 2 is 1.84 bits per heavy atom. The number of nitrogens with zero attached hydrogens (tertiary/aromatic N) is 5. The molecule has 0 saturated heterocycles. The van der Waals surface area contributed by atoms with Crippen molar-refractivity contribution in [3.63, 3.8) is 0 Å². The monoisotopic (exact) mass is 513 g/mol. The van der Waals surface area contributed by atoms with Crippen LogP contribution in [-0.4, -0.2) is 63.8 Å². The molecule has 0 unspecified atom stereocenters. The Morgan fingerprint density at radius 1 is 1.16 bits per heavy atom. The van der Waals surface area contributed by atoms with Crippen molar-refractivity contribution in [2.75, 3.05) is 21.1 Å². The molecule has 2 heterocycles. The Balaban J connectivity index is 0.000000330. The number of benzene rings is 1. The van der Waals surface area contributed by atoms with Gasteiger partial charge in [-0.15, -0.1) is 0 Å². The maximum Gasteiger partial charge on any atom is 0.270 e. The normalized spacial score (nSPS) is 12.9. The van der Waals surface area contributed by atoms with Crippen LogP contribution in [0.2, 0.25) is 0 Å². The number of carbonyl (C=O) groups excluding carboxylic acids is 3. The molecule has 10 nitrogen and oxygen atoms in total. The molecule has 2 N–H and O–H groups in total. The lowest BCUT2D eigenvalue weighted by Gasteiger charge is -2.15. The number of halogens is 1. The van der Waals surface area contributed by atoms with Gasteiger partial charge in [-0.25, -0.2) is 9.37 Å². The summed E-state index contributed by atoms with van der Waals surface area (Å²) >= 11 is 0. The third kappa shape index (κ3) is 9.25. The Bertz CT molecular complexity index is 1190. The topological polar surface area (TPSA) is 122 Å². The fourth-order valence-electron chi connectivity index (χ4n) is 3.61. The smallest absolute Gasteiger partial charge is 0.270 e. The van der Waals surface area contributed by atoms with Gasteiger partial charge in [0.15, 0.2) is 0 Å². The molecule has 200 valence electrons. The van der Waals surface area contributed by atoms with Crippen LogP contribution in [0.25, 0.3) is 5.78 Å². The van der Waals surface area contributed by atoms with Crippen LogP contribution in [0.15, 0.2) is 30.6 Å². The first-order valence-electron chi connectivity index (χ1n) is 12.2. The molecule has 0 radical (unpaired) electrons. The molecule has 0 atom stereocenters. The van der Waals surface area contributed by atoms with Gasteiger partial charge in [0.25, 0.3) is 17.6 Å². The van der Waals surface area contributed by atoms with Gasteiger partial charge >= 0.3 is 0 Å². The SMILES string of the molecule is CC1CCCCC1.CN(C)C=O.CNC(=O)c1cc(C(=O)NCc2ccc(F)c(C)c2)nc2ncnn12. The molecule has 0 spiro atoms. The molecule has 2 aromatic heterocycles. The maximum atomic E-state index is 13.3. The molecule has 3 aromatic rings. The van der Waals surface area contributed by atoms with Crippen LogP contribution in [0.5, 0.6) is 0 Å². The van der Waals surface area contributed by atoms with Gasteiger partial charge in [0.05, 0.1) is 0 Å². The minimum Gasteiger partial charge on any atom is -0.354 e. The van der Waals surface area contributed by atoms with Gasteiger partial charge < -0.3 is 15.5 Å². The molecule has 1 fully saturated rings. The summed E-state index contributed by atoms with van der Waals surface area (Å²) in [5, 5.41) is 9.08. The van der Waals surface area contributed by atoms with Gasteiger partial charge in [-0.05, 0) is 30.0 Å². The average molecular weight is 514 g/mol. The van der Waals surface area contributed by atoms with E-state index in [1.165, 1.54) is 67.0 Å². The molecule has 37 heavy (non-hydrogen) atoms. The standard InChI is InChI=1S/C16H15FN6O2.C7H14.C3H7NO/c1-9-5-10(3-4-11(9)17)7-19-14(24)12-6-13(15(25)18-2)23-16(22-12)20-8-21-23;1-7-5-3-2-4-6-7;1-4(2)3-5/h3-6,8H,7H2,1-2H3,(H,18,25)(H,19,24);7H,2-6H2,1H3;3H,1-2H3. The molecule has 1 aliphatic rings. The van der Waals surface area contributed by atoms with Crippen LogP contribution in [0.3, 0.4) is 0 Å². The van der Waals surface area contributed by atoms with E-state index in [-0.39, 0.29) is 29.5 Å². The largest absolute Gasteiger partial charge is 0.354 e. The number of hydrogen-bond donors (Lipinski definition) is 2. The van der Waals surface area contributed by atoms with Crippen LogP contribution in [0.1, 0.15) is 71.1 Å². The van der Waals surface area contributed by atoms with E-state index in [4.69, 9.17) is 0 Å². The maximum absolute atomic E-state index is 13.3. The van der Waals surface area contributed by atoms with E-state index in [9.17, 15) is 18.8 Å². The van der Waals surface area contributed by atoms with Gasteiger partial charge in [0.1, 0.15) is 23.5 Å². The van der Waals surface area contributed by atoms with Crippen molar-refractivity contribution in [3.8, 4) is 0 Å². The number of aromatic nitrogens is 4. The first-order valence-corrected chi connectivity index (χ1v) is 12.2. The second-order valence-electron chi connectivity index (χ2n) is 9.16. The molecule has 1 aromatic carbocycles. The summed E-state index contributed by atoms with van der Waals surface area (Å²) in [6.07, 6.45) is 9.43. The van der Waals surface area contributed by atoms with Crippen molar-refractivity contribution in [3.05, 3.63) is 58.9 Å². The highest BCUT2D eigenvalue weighted by Crippen LogP contribution is 2.22. The van der Waals surface area contributed by atoms with Crippen LogP contribution >= 0.6 is 0 Å². The lowest BCUT2D eigenvalue weighted by molar-refractivity contribution is -0.115. The highest BCUT2D eigenvalue weighted by atomic mass is 19.1. The average Bonchev–Trinajstić information content (AvgIpc) is 3.38. The zero-order valence-electron chi connectivity index (χ0n) is 22.1. The zero-order valence-corrected chi connectivity index (χ0v) is 22.1. The summed E-state index contributed by atoms with van der Waals surface area (Å²) in [6.45, 7) is 4.21. The minimum absolute atomic E-state index is 0.0398. The lowest BCUT2D eigenvalue weighted by atomic mass is 9.91. The first kappa shape index (κ1) is 29.3. The Labute approximate surface area is 216 Å². The molecular weight excluding hydrogens is 477 g/mol. The Morgan fingerprint density at radius 3 is 2.38 bits per heavy atom. The van der Waals surface area contributed by atoms with Crippen LogP contribution in [0, 0.1) is 18.7 Å². The summed E-state index contributed by atoms with van der Waals surface area (Å²) in [6, 6.07) is 5.93. The predicted molar refractivity (Wildman–Crippen MR) is 138 cm³/mol. The van der Waals surface area contributed by atoms with Crippen molar-refractivity contribution in [2.45, 2.75) is 52.5 Å². The second-order valence-corrected chi connectivity index (χ2v) is 9.16. The molecule has 11 heteroatoms. The molecule has 1 saturated carbocycles. The number of rotatable bonds is 5. The van der Waals surface area contributed by atoms with Gasteiger partial charge in [-0.2, -0.15) is 14.6 Å². The first-order chi connectivity index (χ1) is 17.7. The van der Waals surface area contributed by atoms with Gasteiger partial charge in [-0.3, -0.25) is 14.4 Å². The summed E-state index contributed by atoms with van der Waals surface area (Å²) in [5.41, 5.74) is 1.43. The second kappa shape index (κ2) is 14.6. The molecular formula is C26H36FN7O3. The highest BCUT2D eigenvalue weighted by molar-refractivity contribution is 5.98. The van der Waals surface area contributed by atoms with E-state index in [0.29, 0.717) is 5.56 Å². The number of carbonyl (C=O) groups is 3. The number of fused-ring (bicyclic) bond motifs is 1. The Hall–Kier alpha value is -3.89. The molecule has 4 rings (SSSR count). The number of hydrogen-bond acceptors (Lipinski definition) is 6. The summed E-state index contributed by atoms with van der Waals surface area (Å²) in [5.74, 6) is -0.0133. The van der Waals surface area contributed by atoms with Crippen molar-refractivity contribution < 1.29 is 18.8 Å². The van der Waals surface area contributed by atoms with E-state index in [1.54, 1.807) is 33.2 Å². The number of aryl methyl sites for hydroxylation is 1.